The second-order valence-electron chi connectivity index (χ2n) is 2.29. The monoisotopic (exact) mass is 190 g/mol. The van der Waals surface area contributed by atoms with E-state index in [9.17, 15) is 9.50 Å². The molecule has 0 fully saturated rings. The standard InChI is InChI=1S/C7H8ClFN2O/c8-4-1-5(6(12)2-10)7(9)11-3-4/h1,3,6,12H,2,10H2/t6-/m0/s1. The van der Waals surface area contributed by atoms with Crippen molar-refractivity contribution in [2.45, 2.75) is 6.10 Å². The summed E-state index contributed by atoms with van der Waals surface area (Å²) >= 11 is 5.54. The number of aromatic nitrogens is 1. The normalized spacial score (nSPS) is 13.0. The molecule has 0 aliphatic rings. The molecule has 3 N–H and O–H groups in total. The lowest BCUT2D eigenvalue weighted by Crippen LogP contribution is -2.13. The Bertz CT molecular complexity index is 282. The van der Waals surface area contributed by atoms with Crippen LogP contribution in [0.1, 0.15) is 11.7 Å². The van der Waals surface area contributed by atoms with Gasteiger partial charge in [-0.3, -0.25) is 0 Å². The Labute approximate surface area is 74.0 Å². The Morgan fingerprint density at radius 3 is 3.00 bits per heavy atom. The Hall–Kier alpha value is -0.710. The number of hydrogen-bond acceptors (Lipinski definition) is 3. The molecular weight excluding hydrogens is 183 g/mol. The molecule has 0 radical (unpaired) electrons. The highest BCUT2D eigenvalue weighted by Crippen LogP contribution is 2.18. The molecule has 0 aliphatic carbocycles. The predicted molar refractivity (Wildman–Crippen MR) is 43.2 cm³/mol. The van der Waals surface area contributed by atoms with Gasteiger partial charge in [0.05, 0.1) is 11.1 Å². The summed E-state index contributed by atoms with van der Waals surface area (Å²) in [6.45, 7) is -0.0566. The topological polar surface area (TPSA) is 59.1 Å². The summed E-state index contributed by atoms with van der Waals surface area (Å²) in [6, 6.07) is 1.31. The van der Waals surface area contributed by atoms with Gasteiger partial charge < -0.3 is 10.8 Å². The molecular formula is C7H8ClFN2O. The van der Waals surface area contributed by atoms with E-state index >= 15 is 0 Å². The van der Waals surface area contributed by atoms with Crippen LogP contribution in [0.5, 0.6) is 0 Å². The second-order valence-corrected chi connectivity index (χ2v) is 2.72. The number of rotatable bonds is 2. The van der Waals surface area contributed by atoms with Gasteiger partial charge in [0, 0.05) is 18.3 Å². The smallest absolute Gasteiger partial charge is 0.218 e. The van der Waals surface area contributed by atoms with Crippen LogP contribution in [0.3, 0.4) is 0 Å². The van der Waals surface area contributed by atoms with E-state index in [1.165, 1.54) is 12.3 Å². The van der Waals surface area contributed by atoms with Crippen LogP contribution in [-0.4, -0.2) is 16.6 Å². The van der Waals surface area contributed by atoms with Gasteiger partial charge in [0.1, 0.15) is 0 Å². The third-order valence-electron chi connectivity index (χ3n) is 1.42. The predicted octanol–water partition coefficient (Wildman–Crippen LogP) is 0.866. The number of nitrogens with zero attached hydrogens (tertiary/aromatic N) is 1. The SMILES string of the molecule is NC[C@H](O)c1cc(Cl)cnc1F. The lowest BCUT2D eigenvalue weighted by molar-refractivity contribution is 0.180. The van der Waals surface area contributed by atoms with Gasteiger partial charge in [-0.05, 0) is 6.07 Å². The van der Waals surface area contributed by atoms with E-state index in [4.69, 9.17) is 17.3 Å². The zero-order valence-electron chi connectivity index (χ0n) is 6.17. The number of pyridine rings is 1. The van der Waals surface area contributed by atoms with Crippen LogP contribution in [-0.2, 0) is 0 Å². The van der Waals surface area contributed by atoms with Gasteiger partial charge in [-0.25, -0.2) is 4.98 Å². The Kier molecular flexibility index (Phi) is 2.97. The molecule has 1 rings (SSSR count). The molecule has 1 aromatic rings. The molecule has 5 heteroatoms. The van der Waals surface area contributed by atoms with Crippen LogP contribution >= 0.6 is 11.6 Å². The van der Waals surface area contributed by atoms with Crippen molar-refractivity contribution < 1.29 is 9.50 Å². The van der Waals surface area contributed by atoms with E-state index in [0.717, 1.165) is 0 Å². The summed E-state index contributed by atoms with van der Waals surface area (Å²) in [6.07, 6.45) is 0.125. The molecule has 1 aromatic heterocycles. The van der Waals surface area contributed by atoms with Gasteiger partial charge in [-0.15, -0.1) is 0 Å². The number of aliphatic hydroxyl groups excluding tert-OH is 1. The number of hydrogen-bond donors (Lipinski definition) is 2. The maximum atomic E-state index is 12.8. The van der Waals surface area contributed by atoms with Crippen molar-refractivity contribution in [2.75, 3.05) is 6.54 Å². The van der Waals surface area contributed by atoms with Crippen molar-refractivity contribution in [1.82, 2.24) is 4.98 Å². The molecule has 0 spiro atoms. The van der Waals surface area contributed by atoms with E-state index in [0.29, 0.717) is 0 Å². The molecule has 0 saturated heterocycles. The fraction of sp³-hybridized carbons (Fsp3) is 0.286. The fourth-order valence-electron chi connectivity index (χ4n) is 0.799. The Balaban J connectivity index is 3.04. The first kappa shape index (κ1) is 9.38. The average Bonchev–Trinajstić information content (AvgIpc) is 2.08. The highest BCUT2D eigenvalue weighted by Gasteiger charge is 2.12. The van der Waals surface area contributed by atoms with Gasteiger partial charge in [0.25, 0.3) is 0 Å². The summed E-state index contributed by atoms with van der Waals surface area (Å²) in [5, 5.41) is 9.45. The van der Waals surface area contributed by atoms with Crippen LogP contribution in [0.15, 0.2) is 12.3 Å². The van der Waals surface area contributed by atoms with Crippen molar-refractivity contribution in [2.24, 2.45) is 5.73 Å². The molecule has 1 atom stereocenters. The third kappa shape index (κ3) is 1.91. The molecule has 0 aromatic carbocycles. The van der Waals surface area contributed by atoms with E-state index in [1.807, 2.05) is 0 Å². The summed E-state index contributed by atoms with van der Waals surface area (Å²) in [5.41, 5.74) is 5.17. The highest BCUT2D eigenvalue weighted by atomic mass is 35.5. The minimum absolute atomic E-state index is 0.0324. The van der Waals surface area contributed by atoms with Gasteiger partial charge in [-0.1, -0.05) is 11.6 Å². The number of aliphatic hydroxyl groups is 1. The number of nitrogens with two attached hydrogens (primary N) is 1. The van der Waals surface area contributed by atoms with Crippen LogP contribution in [0.25, 0.3) is 0 Å². The van der Waals surface area contributed by atoms with E-state index < -0.39 is 12.1 Å². The van der Waals surface area contributed by atoms with Crippen molar-refractivity contribution in [3.05, 3.63) is 28.8 Å². The maximum Gasteiger partial charge on any atom is 0.218 e. The van der Waals surface area contributed by atoms with Crippen molar-refractivity contribution in [1.29, 1.82) is 0 Å². The molecule has 0 aliphatic heterocycles. The van der Waals surface area contributed by atoms with Crippen LogP contribution in [0, 0.1) is 5.95 Å². The summed E-state index contributed by atoms with van der Waals surface area (Å²) in [5.74, 6) is -0.739. The van der Waals surface area contributed by atoms with Gasteiger partial charge in [0.2, 0.25) is 5.95 Å². The first-order valence-electron chi connectivity index (χ1n) is 3.34. The Morgan fingerprint density at radius 1 is 1.75 bits per heavy atom. The molecule has 0 bridgehead atoms. The lowest BCUT2D eigenvalue weighted by Gasteiger charge is -2.07. The zero-order chi connectivity index (χ0) is 9.14. The van der Waals surface area contributed by atoms with Crippen molar-refractivity contribution in [3.63, 3.8) is 0 Å². The molecule has 12 heavy (non-hydrogen) atoms. The van der Waals surface area contributed by atoms with Crippen molar-refractivity contribution >= 4 is 11.6 Å². The lowest BCUT2D eigenvalue weighted by atomic mass is 10.1. The van der Waals surface area contributed by atoms with E-state index in [-0.39, 0.29) is 17.1 Å². The summed E-state index contributed by atoms with van der Waals surface area (Å²) in [4.78, 5) is 3.33. The minimum atomic E-state index is -1.05. The summed E-state index contributed by atoms with van der Waals surface area (Å²) < 4.78 is 12.8. The first-order valence-corrected chi connectivity index (χ1v) is 3.72. The largest absolute Gasteiger partial charge is 0.387 e. The first-order chi connectivity index (χ1) is 5.65. The van der Waals surface area contributed by atoms with Crippen LogP contribution in [0.4, 0.5) is 4.39 Å². The van der Waals surface area contributed by atoms with Crippen LogP contribution in [0.2, 0.25) is 5.02 Å². The molecule has 3 nitrogen and oxygen atoms in total. The van der Waals surface area contributed by atoms with Crippen LogP contribution < -0.4 is 5.73 Å². The molecule has 66 valence electrons. The minimum Gasteiger partial charge on any atom is -0.387 e. The fourth-order valence-corrected chi connectivity index (χ4v) is 0.965. The average molecular weight is 191 g/mol. The Morgan fingerprint density at radius 2 is 2.42 bits per heavy atom. The van der Waals surface area contributed by atoms with E-state index in [1.54, 1.807) is 0 Å². The second kappa shape index (κ2) is 3.80. The maximum absolute atomic E-state index is 12.8. The van der Waals surface area contributed by atoms with Gasteiger partial charge in [0.15, 0.2) is 0 Å². The summed E-state index contributed by atoms with van der Waals surface area (Å²) in [7, 11) is 0. The van der Waals surface area contributed by atoms with E-state index in [2.05, 4.69) is 4.98 Å². The molecule has 0 amide bonds. The number of halogens is 2. The van der Waals surface area contributed by atoms with Gasteiger partial charge >= 0.3 is 0 Å². The highest BCUT2D eigenvalue weighted by molar-refractivity contribution is 6.30. The van der Waals surface area contributed by atoms with Gasteiger partial charge in [-0.2, -0.15) is 4.39 Å². The molecule has 1 heterocycles. The molecule has 0 unspecified atom stereocenters. The zero-order valence-corrected chi connectivity index (χ0v) is 6.92. The van der Waals surface area contributed by atoms with Crippen molar-refractivity contribution in [3.8, 4) is 0 Å². The quantitative estimate of drug-likeness (QED) is 0.681. The third-order valence-corrected chi connectivity index (χ3v) is 1.62. The molecule has 0 saturated carbocycles.